The number of anilines is 1. The van der Waals surface area contributed by atoms with Gasteiger partial charge in [0.05, 0.1) is 11.7 Å². The van der Waals surface area contributed by atoms with Gasteiger partial charge in [0.1, 0.15) is 5.82 Å². The first-order valence-electron chi connectivity index (χ1n) is 6.03. The van der Waals surface area contributed by atoms with Crippen LogP contribution in [0.25, 0.3) is 0 Å². The number of hydrogen-bond donors (Lipinski definition) is 1. The molecule has 1 nitrogen and oxygen atoms in total. The summed E-state index contributed by atoms with van der Waals surface area (Å²) >= 11 is 5.75. The number of hydrogen-bond acceptors (Lipinski definition) is 1. The molecule has 3 rings (SSSR count). The van der Waals surface area contributed by atoms with Gasteiger partial charge in [0.25, 0.3) is 0 Å². The van der Waals surface area contributed by atoms with Crippen molar-refractivity contribution in [3.05, 3.63) is 64.4 Å². The smallest absolute Gasteiger partial charge is 0.147 e. The Balaban J connectivity index is 1.86. The molecule has 0 saturated heterocycles. The first-order chi connectivity index (χ1) is 8.74. The van der Waals surface area contributed by atoms with E-state index in [1.807, 2.05) is 12.1 Å². The number of nitrogens with one attached hydrogen (secondary N) is 1. The molecule has 0 spiro atoms. The summed E-state index contributed by atoms with van der Waals surface area (Å²) < 4.78 is 13.7. The number of fused-ring (bicyclic) bond motifs is 1. The van der Waals surface area contributed by atoms with Crippen molar-refractivity contribution in [2.24, 2.45) is 0 Å². The van der Waals surface area contributed by atoms with Gasteiger partial charge in [-0.05, 0) is 42.2 Å². The largest absolute Gasteiger partial charge is 0.376 e. The predicted octanol–water partition coefficient (Wildman–Crippen LogP) is 4.58. The second-order valence-corrected chi connectivity index (χ2v) is 5.00. The Morgan fingerprint density at radius 2 is 2.00 bits per heavy atom. The molecule has 1 aliphatic rings. The van der Waals surface area contributed by atoms with Crippen LogP contribution in [0.3, 0.4) is 0 Å². The zero-order valence-electron chi connectivity index (χ0n) is 9.79. The van der Waals surface area contributed by atoms with Gasteiger partial charge < -0.3 is 5.32 Å². The van der Waals surface area contributed by atoms with E-state index in [2.05, 4.69) is 17.4 Å². The van der Waals surface area contributed by atoms with E-state index in [4.69, 9.17) is 11.6 Å². The van der Waals surface area contributed by atoms with E-state index in [0.29, 0.717) is 10.7 Å². The van der Waals surface area contributed by atoms with Crippen molar-refractivity contribution in [1.29, 1.82) is 0 Å². The summed E-state index contributed by atoms with van der Waals surface area (Å²) in [4.78, 5) is 0. The number of halogens is 2. The summed E-state index contributed by atoms with van der Waals surface area (Å²) in [6, 6.07) is 13.2. The number of aryl methyl sites for hydroxylation is 1. The summed E-state index contributed by atoms with van der Waals surface area (Å²) in [5.41, 5.74) is 3.14. The molecule has 2 aromatic carbocycles. The third-order valence-corrected chi connectivity index (χ3v) is 3.63. The first kappa shape index (κ1) is 11.5. The second-order valence-electron chi connectivity index (χ2n) is 4.56. The monoisotopic (exact) mass is 261 g/mol. The van der Waals surface area contributed by atoms with Gasteiger partial charge in [-0.1, -0.05) is 35.9 Å². The Morgan fingerprint density at radius 1 is 1.17 bits per heavy atom. The molecule has 0 bridgehead atoms. The van der Waals surface area contributed by atoms with Crippen LogP contribution in [-0.2, 0) is 6.42 Å². The van der Waals surface area contributed by atoms with E-state index in [-0.39, 0.29) is 11.9 Å². The molecule has 1 unspecified atom stereocenters. The van der Waals surface area contributed by atoms with Crippen LogP contribution in [0.2, 0.25) is 5.02 Å². The molecule has 3 heteroatoms. The Kier molecular flexibility index (Phi) is 2.96. The van der Waals surface area contributed by atoms with Crippen molar-refractivity contribution in [3.63, 3.8) is 0 Å². The average molecular weight is 262 g/mol. The number of benzene rings is 2. The van der Waals surface area contributed by atoms with Crippen molar-refractivity contribution in [2.45, 2.75) is 18.9 Å². The van der Waals surface area contributed by atoms with Crippen molar-refractivity contribution < 1.29 is 4.39 Å². The van der Waals surface area contributed by atoms with Crippen LogP contribution in [0, 0.1) is 5.82 Å². The van der Waals surface area contributed by atoms with Crippen LogP contribution in [-0.4, -0.2) is 0 Å². The van der Waals surface area contributed by atoms with E-state index < -0.39 is 0 Å². The SMILES string of the molecule is Fc1cc(Cl)ccc1NC1CCc2ccccc21. The summed E-state index contributed by atoms with van der Waals surface area (Å²) in [6.07, 6.45) is 2.05. The summed E-state index contributed by atoms with van der Waals surface area (Å²) in [7, 11) is 0. The molecule has 0 aliphatic heterocycles. The van der Waals surface area contributed by atoms with Gasteiger partial charge in [0.15, 0.2) is 0 Å². The minimum atomic E-state index is -0.299. The molecular weight excluding hydrogens is 249 g/mol. The van der Waals surface area contributed by atoms with E-state index in [0.717, 1.165) is 12.8 Å². The van der Waals surface area contributed by atoms with Gasteiger partial charge in [-0.2, -0.15) is 0 Å². The Hall–Kier alpha value is -1.54. The topological polar surface area (TPSA) is 12.0 Å². The highest BCUT2D eigenvalue weighted by Gasteiger charge is 2.22. The summed E-state index contributed by atoms with van der Waals surface area (Å²) in [5, 5.41) is 3.68. The lowest BCUT2D eigenvalue weighted by molar-refractivity contribution is 0.625. The van der Waals surface area contributed by atoms with Crippen molar-refractivity contribution >= 4 is 17.3 Å². The third-order valence-electron chi connectivity index (χ3n) is 3.39. The summed E-state index contributed by atoms with van der Waals surface area (Å²) in [5.74, 6) is -0.299. The highest BCUT2D eigenvalue weighted by molar-refractivity contribution is 6.30. The highest BCUT2D eigenvalue weighted by Crippen LogP contribution is 2.34. The van der Waals surface area contributed by atoms with Crippen LogP contribution < -0.4 is 5.32 Å². The fourth-order valence-electron chi connectivity index (χ4n) is 2.50. The van der Waals surface area contributed by atoms with Crippen LogP contribution in [0.1, 0.15) is 23.6 Å². The van der Waals surface area contributed by atoms with Crippen molar-refractivity contribution in [3.8, 4) is 0 Å². The quantitative estimate of drug-likeness (QED) is 0.834. The predicted molar refractivity (Wildman–Crippen MR) is 72.5 cm³/mol. The second kappa shape index (κ2) is 4.62. The first-order valence-corrected chi connectivity index (χ1v) is 6.41. The summed E-state index contributed by atoms with van der Waals surface area (Å²) in [6.45, 7) is 0. The van der Waals surface area contributed by atoms with Crippen molar-refractivity contribution in [1.82, 2.24) is 0 Å². The third kappa shape index (κ3) is 2.08. The van der Waals surface area contributed by atoms with Gasteiger partial charge in [-0.25, -0.2) is 4.39 Å². The molecule has 18 heavy (non-hydrogen) atoms. The van der Waals surface area contributed by atoms with Gasteiger partial charge in [0.2, 0.25) is 0 Å². The average Bonchev–Trinajstić information content (AvgIpc) is 2.76. The van der Waals surface area contributed by atoms with Crippen LogP contribution in [0.15, 0.2) is 42.5 Å². The van der Waals surface area contributed by atoms with E-state index >= 15 is 0 Å². The Bertz CT molecular complexity index is 582. The van der Waals surface area contributed by atoms with Crippen LogP contribution in [0.4, 0.5) is 10.1 Å². The molecule has 0 amide bonds. The molecule has 0 aromatic heterocycles. The van der Waals surface area contributed by atoms with Crippen molar-refractivity contribution in [2.75, 3.05) is 5.32 Å². The van der Waals surface area contributed by atoms with E-state index in [9.17, 15) is 4.39 Å². The normalized spacial score (nSPS) is 17.6. The maximum atomic E-state index is 13.7. The fraction of sp³-hybridized carbons (Fsp3) is 0.200. The van der Waals surface area contributed by atoms with E-state index in [1.165, 1.54) is 17.2 Å². The fourth-order valence-corrected chi connectivity index (χ4v) is 2.66. The minimum Gasteiger partial charge on any atom is -0.376 e. The van der Waals surface area contributed by atoms with Crippen LogP contribution >= 0.6 is 11.6 Å². The molecule has 0 radical (unpaired) electrons. The lowest BCUT2D eigenvalue weighted by atomic mass is 10.1. The van der Waals surface area contributed by atoms with Crippen LogP contribution in [0.5, 0.6) is 0 Å². The number of rotatable bonds is 2. The van der Waals surface area contributed by atoms with Gasteiger partial charge in [0, 0.05) is 5.02 Å². The van der Waals surface area contributed by atoms with Gasteiger partial charge in [-0.15, -0.1) is 0 Å². The molecule has 0 heterocycles. The molecule has 0 fully saturated rings. The van der Waals surface area contributed by atoms with Gasteiger partial charge >= 0.3 is 0 Å². The molecule has 1 aliphatic carbocycles. The molecule has 1 atom stereocenters. The maximum absolute atomic E-state index is 13.7. The highest BCUT2D eigenvalue weighted by atomic mass is 35.5. The minimum absolute atomic E-state index is 0.192. The molecule has 92 valence electrons. The molecule has 2 aromatic rings. The van der Waals surface area contributed by atoms with Gasteiger partial charge in [-0.3, -0.25) is 0 Å². The Labute approximate surface area is 111 Å². The lowest BCUT2D eigenvalue weighted by Gasteiger charge is -2.16. The zero-order valence-corrected chi connectivity index (χ0v) is 10.5. The zero-order chi connectivity index (χ0) is 12.5. The lowest BCUT2D eigenvalue weighted by Crippen LogP contribution is -2.08. The Morgan fingerprint density at radius 3 is 2.83 bits per heavy atom. The molecule has 1 N–H and O–H groups in total. The van der Waals surface area contributed by atoms with E-state index in [1.54, 1.807) is 12.1 Å². The maximum Gasteiger partial charge on any atom is 0.147 e. The molecular formula is C15H13ClFN. The molecule has 0 saturated carbocycles. The standard InChI is InChI=1S/C15H13ClFN/c16-11-6-8-15(13(17)9-11)18-14-7-5-10-3-1-2-4-12(10)14/h1-4,6,8-9,14,18H,5,7H2.